The Morgan fingerprint density at radius 3 is 2.33 bits per heavy atom. The summed E-state index contributed by atoms with van der Waals surface area (Å²) in [6.45, 7) is 4.63. The molecule has 0 bridgehead atoms. The molecule has 0 saturated heterocycles. The van der Waals surface area contributed by atoms with E-state index >= 15 is 0 Å². The predicted octanol–water partition coefficient (Wildman–Crippen LogP) is 2.70. The molecule has 0 saturated carbocycles. The van der Waals surface area contributed by atoms with E-state index in [0.29, 0.717) is 13.1 Å². The summed E-state index contributed by atoms with van der Waals surface area (Å²) < 4.78 is 0. The van der Waals surface area contributed by atoms with E-state index in [4.69, 9.17) is 0 Å². The van der Waals surface area contributed by atoms with Crippen molar-refractivity contribution in [3.63, 3.8) is 0 Å². The fraction of sp³-hybridized carbons (Fsp3) is 0.300. The van der Waals surface area contributed by atoms with Gasteiger partial charge in [-0.2, -0.15) is 0 Å². The van der Waals surface area contributed by atoms with Crippen LogP contribution in [0.3, 0.4) is 0 Å². The van der Waals surface area contributed by atoms with Crippen LogP contribution in [-0.2, 0) is 22.6 Å². The van der Waals surface area contributed by atoms with Crippen LogP contribution < -0.4 is 5.32 Å². The molecular weight excluding hydrogens is 300 g/mol. The van der Waals surface area contributed by atoms with E-state index < -0.39 is 0 Å². The number of amides is 2. The highest BCUT2D eigenvalue weighted by molar-refractivity contribution is 5.83. The Hall–Kier alpha value is -2.62. The lowest BCUT2D eigenvalue weighted by Crippen LogP contribution is -2.40. The van der Waals surface area contributed by atoms with Gasteiger partial charge in [-0.1, -0.05) is 54.6 Å². The maximum absolute atomic E-state index is 12.1. The number of aryl methyl sites for hydroxylation is 1. The zero-order valence-electron chi connectivity index (χ0n) is 14.3. The standard InChI is InChI=1S/C20H24N2O2/c1-16-8-6-7-11-19(16)14-21-20(24)15-22(17(2)23)13-12-18-9-4-3-5-10-18/h3-11H,12-15H2,1-2H3,(H,21,24). The van der Waals surface area contributed by atoms with E-state index in [1.807, 2.05) is 61.5 Å². The van der Waals surface area contributed by atoms with Gasteiger partial charge < -0.3 is 10.2 Å². The van der Waals surface area contributed by atoms with E-state index in [9.17, 15) is 9.59 Å². The minimum atomic E-state index is -0.137. The van der Waals surface area contributed by atoms with Gasteiger partial charge in [0.2, 0.25) is 11.8 Å². The first-order valence-electron chi connectivity index (χ1n) is 8.17. The van der Waals surface area contributed by atoms with E-state index in [-0.39, 0.29) is 18.4 Å². The molecule has 0 aliphatic heterocycles. The summed E-state index contributed by atoms with van der Waals surface area (Å²) in [7, 11) is 0. The third-order valence-corrected chi connectivity index (χ3v) is 4.03. The molecule has 0 spiro atoms. The number of nitrogens with one attached hydrogen (secondary N) is 1. The summed E-state index contributed by atoms with van der Waals surface area (Å²) in [5.41, 5.74) is 3.39. The molecule has 0 aromatic heterocycles. The summed E-state index contributed by atoms with van der Waals surface area (Å²) in [6, 6.07) is 17.9. The molecule has 0 aliphatic carbocycles. The van der Waals surface area contributed by atoms with Crippen molar-refractivity contribution in [2.45, 2.75) is 26.8 Å². The van der Waals surface area contributed by atoms with Crippen LogP contribution in [0.25, 0.3) is 0 Å². The summed E-state index contributed by atoms with van der Waals surface area (Å²) in [4.78, 5) is 25.5. The van der Waals surface area contributed by atoms with Crippen LogP contribution in [0.4, 0.5) is 0 Å². The second-order valence-electron chi connectivity index (χ2n) is 5.88. The molecule has 2 amide bonds. The summed E-state index contributed by atoms with van der Waals surface area (Å²) >= 11 is 0. The Kier molecular flexibility index (Phi) is 6.55. The molecule has 2 aromatic carbocycles. The molecule has 24 heavy (non-hydrogen) atoms. The van der Waals surface area contributed by atoms with Gasteiger partial charge in [0.05, 0.1) is 6.54 Å². The molecular formula is C20H24N2O2. The number of benzene rings is 2. The molecule has 0 fully saturated rings. The van der Waals surface area contributed by atoms with E-state index in [1.165, 1.54) is 6.92 Å². The van der Waals surface area contributed by atoms with Crippen LogP contribution in [0.5, 0.6) is 0 Å². The van der Waals surface area contributed by atoms with Gasteiger partial charge in [0, 0.05) is 20.0 Å². The van der Waals surface area contributed by atoms with Gasteiger partial charge in [-0.25, -0.2) is 0 Å². The van der Waals surface area contributed by atoms with E-state index in [2.05, 4.69) is 5.32 Å². The van der Waals surface area contributed by atoms with Crippen LogP contribution >= 0.6 is 0 Å². The van der Waals surface area contributed by atoms with Crippen LogP contribution in [-0.4, -0.2) is 29.8 Å². The fourth-order valence-corrected chi connectivity index (χ4v) is 2.49. The number of carbonyl (C=O) groups excluding carboxylic acids is 2. The van der Waals surface area contributed by atoms with Crippen molar-refractivity contribution in [3.8, 4) is 0 Å². The topological polar surface area (TPSA) is 49.4 Å². The average Bonchev–Trinajstić information content (AvgIpc) is 2.58. The van der Waals surface area contributed by atoms with Crippen molar-refractivity contribution in [1.29, 1.82) is 0 Å². The Bertz CT molecular complexity index is 683. The first kappa shape index (κ1) is 17.7. The molecule has 126 valence electrons. The predicted molar refractivity (Wildman–Crippen MR) is 95.4 cm³/mol. The van der Waals surface area contributed by atoms with Crippen LogP contribution in [0.15, 0.2) is 54.6 Å². The summed E-state index contributed by atoms with van der Waals surface area (Å²) in [5.74, 6) is -0.224. The first-order chi connectivity index (χ1) is 11.6. The molecule has 0 heterocycles. The Labute approximate surface area is 143 Å². The smallest absolute Gasteiger partial charge is 0.239 e. The largest absolute Gasteiger partial charge is 0.350 e. The number of nitrogens with zero attached hydrogens (tertiary/aromatic N) is 1. The highest BCUT2D eigenvalue weighted by atomic mass is 16.2. The normalized spacial score (nSPS) is 10.2. The highest BCUT2D eigenvalue weighted by Crippen LogP contribution is 2.06. The second kappa shape index (κ2) is 8.87. The van der Waals surface area contributed by atoms with Gasteiger partial charge in [-0.3, -0.25) is 9.59 Å². The van der Waals surface area contributed by atoms with Crippen LogP contribution in [0.2, 0.25) is 0 Å². The number of carbonyl (C=O) groups is 2. The summed E-state index contributed by atoms with van der Waals surface area (Å²) in [6.07, 6.45) is 0.742. The van der Waals surface area contributed by atoms with E-state index in [0.717, 1.165) is 23.1 Å². The lowest BCUT2D eigenvalue weighted by Gasteiger charge is -2.20. The third kappa shape index (κ3) is 5.54. The van der Waals surface area contributed by atoms with Crippen LogP contribution in [0.1, 0.15) is 23.6 Å². The quantitative estimate of drug-likeness (QED) is 0.851. The molecule has 4 nitrogen and oxygen atoms in total. The van der Waals surface area contributed by atoms with Gasteiger partial charge >= 0.3 is 0 Å². The van der Waals surface area contributed by atoms with Crippen molar-refractivity contribution in [1.82, 2.24) is 10.2 Å². The number of hydrogen-bond acceptors (Lipinski definition) is 2. The van der Waals surface area contributed by atoms with Gasteiger partial charge in [0.1, 0.15) is 0 Å². The highest BCUT2D eigenvalue weighted by Gasteiger charge is 2.13. The fourth-order valence-electron chi connectivity index (χ4n) is 2.49. The van der Waals surface area contributed by atoms with E-state index in [1.54, 1.807) is 4.90 Å². The van der Waals surface area contributed by atoms with Gasteiger partial charge in [-0.15, -0.1) is 0 Å². The lowest BCUT2D eigenvalue weighted by atomic mass is 10.1. The van der Waals surface area contributed by atoms with Gasteiger partial charge in [0.25, 0.3) is 0 Å². The molecule has 4 heteroatoms. The molecule has 0 radical (unpaired) electrons. The van der Waals surface area contributed by atoms with Crippen molar-refractivity contribution >= 4 is 11.8 Å². The second-order valence-corrected chi connectivity index (χ2v) is 5.88. The SMILES string of the molecule is CC(=O)N(CCc1ccccc1)CC(=O)NCc1ccccc1C. The molecule has 1 N–H and O–H groups in total. The summed E-state index contributed by atoms with van der Waals surface area (Å²) in [5, 5.41) is 2.89. The maximum Gasteiger partial charge on any atom is 0.239 e. The average molecular weight is 324 g/mol. The zero-order chi connectivity index (χ0) is 17.4. The monoisotopic (exact) mass is 324 g/mol. The maximum atomic E-state index is 12.1. The lowest BCUT2D eigenvalue weighted by molar-refractivity contribution is -0.134. The van der Waals surface area contributed by atoms with Crippen molar-refractivity contribution in [2.75, 3.05) is 13.1 Å². The molecule has 2 rings (SSSR count). The van der Waals surface area contributed by atoms with Crippen LogP contribution in [0, 0.1) is 6.92 Å². The number of hydrogen-bond donors (Lipinski definition) is 1. The van der Waals surface area contributed by atoms with Gasteiger partial charge in [-0.05, 0) is 30.0 Å². The zero-order valence-corrected chi connectivity index (χ0v) is 14.3. The Morgan fingerprint density at radius 1 is 1.00 bits per heavy atom. The van der Waals surface area contributed by atoms with Gasteiger partial charge in [0.15, 0.2) is 0 Å². The first-order valence-corrected chi connectivity index (χ1v) is 8.17. The minimum Gasteiger partial charge on any atom is -0.350 e. The molecule has 0 atom stereocenters. The number of rotatable bonds is 7. The molecule has 2 aromatic rings. The van der Waals surface area contributed by atoms with Crippen molar-refractivity contribution in [2.24, 2.45) is 0 Å². The Balaban J connectivity index is 1.84. The minimum absolute atomic E-state index is 0.0861. The molecule has 0 aliphatic rings. The third-order valence-electron chi connectivity index (χ3n) is 4.03. The molecule has 0 unspecified atom stereocenters. The Morgan fingerprint density at radius 2 is 1.67 bits per heavy atom. The van der Waals surface area contributed by atoms with Crippen molar-refractivity contribution < 1.29 is 9.59 Å². The van der Waals surface area contributed by atoms with Crippen molar-refractivity contribution in [3.05, 3.63) is 71.3 Å².